The van der Waals surface area contributed by atoms with E-state index in [9.17, 15) is 4.79 Å². The highest BCUT2D eigenvalue weighted by atomic mass is 16.5. The maximum Gasteiger partial charge on any atom is 0.227 e. The molecule has 1 fully saturated rings. The van der Waals surface area contributed by atoms with Crippen molar-refractivity contribution in [1.82, 2.24) is 5.32 Å². The molecule has 0 aromatic heterocycles. The van der Waals surface area contributed by atoms with E-state index in [1.165, 1.54) is 0 Å². The molecule has 0 bridgehead atoms. The molecule has 1 aliphatic heterocycles. The number of carbonyl (C=O) groups excluding carboxylic acids is 1. The lowest BCUT2D eigenvalue weighted by atomic mass is 9.99. The minimum absolute atomic E-state index is 0.0846. The van der Waals surface area contributed by atoms with Crippen molar-refractivity contribution in [3.05, 3.63) is 29.8 Å². The third-order valence-electron chi connectivity index (χ3n) is 3.23. The maximum atomic E-state index is 12.1. The van der Waals surface area contributed by atoms with Gasteiger partial charge in [-0.15, -0.1) is 0 Å². The zero-order chi connectivity index (χ0) is 12.8. The zero-order valence-corrected chi connectivity index (χ0v) is 10.7. The molecule has 4 nitrogen and oxygen atoms in total. The van der Waals surface area contributed by atoms with Gasteiger partial charge < -0.3 is 15.4 Å². The van der Waals surface area contributed by atoms with Crippen LogP contribution >= 0.6 is 0 Å². The van der Waals surface area contributed by atoms with Crippen LogP contribution in [0.4, 0.5) is 5.69 Å². The van der Waals surface area contributed by atoms with Crippen molar-refractivity contribution in [2.75, 3.05) is 25.6 Å². The van der Waals surface area contributed by atoms with Gasteiger partial charge in [0, 0.05) is 31.4 Å². The molecule has 1 aromatic rings. The molecule has 98 valence electrons. The first kappa shape index (κ1) is 13.1. The second kappa shape index (κ2) is 6.52. The lowest BCUT2D eigenvalue weighted by Crippen LogP contribution is -2.29. The number of amides is 1. The number of carbonyl (C=O) groups is 1. The lowest BCUT2D eigenvalue weighted by Gasteiger charge is -2.22. The first-order chi connectivity index (χ1) is 8.81. The highest BCUT2D eigenvalue weighted by molar-refractivity contribution is 5.93. The second-order valence-electron chi connectivity index (χ2n) is 4.56. The molecule has 0 atom stereocenters. The zero-order valence-electron chi connectivity index (χ0n) is 10.7. The second-order valence-corrected chi connectivity index (χ2v) is 4.56. The SMILES string of the molecule is CNCc1ccccc1NC(=O)C1CCOCC1. The summed E-state index contributed by atoms with van der Waals surface area (Å²) in [4.78, 5) is 12.1. The fraction of sp³-hybridized carbons (Fsp3) is 0.500. The van der Waals surface area contributed by atoms with E-state index in [-0.39, 0.29) is 11.8 Å². The monoisotopic (exact) mass is 248 g/mol. The van der Waals surface area contributed by atoms with E-state index in [1.54, 1.807) is 0 Å². The third-order valence-corrected chi connectivity index (χ3v) is 3.23. The Labute approximate surface area is 108 Å². The molecule has 0 spiro atoms. The molecule has 0 saturated carbocycles. The Morgan fingerprint density at radius 1 is 1.33 bits per heavy atom. The summed E-state index contributed by atoms with van der Waals surface area (Å²) < 4.78 is 5.27. The van der Waals surface area contributed by atoms with Crippen molar-refractivity contribution >= 4 is 11.6 Å². The van der Waals surface area contributed by atoms with Gasteiger partial charge >= 0.3 is 0 Å². The molecule has 0 unspecified atom stereocenters. The Balaban J connectivity index is 2.01. The summed E-state index contributed by atoms with van der Waals surface area (Å²) in [6.45, 7) is 2.14. The largest absolute Gasteiger partial charge is 0.381 e. The van der Waals surface area contributed by atoms with Crippen LogP contribution in [0.15, 0.2) is 24.3 Å². The molecule has 1 aromatic carbocycles. The Morgan fingerprint density at radius 2 is 2.06 bits per heavy atom. The minimum Gasteiger partial charge on any atom is -0.381 e. The van der Waals surface area contributed by atoms with Crippen molar-refractivity contribution < 1.29 is 9.53 Å². The fourth-order valence-corrected chi connectivity index (χ4v) is 2.18. The molecule has 2 N–H and O–H groups in total. The van der Waals surface area contributed by atoms with Crippen LogP contribution in [0, 0.1) is 5.92 Å². The summed E-state index contributed by atoms with van der Waals surface area (Å²) in [5, 5.41) is 6.14. The molecular formula is C14H20N2O2. The van der Waals surface area contributed by atoms with Crippen molar-refractivity contribution in [3.8, 4) is 0 Å². The Kier molecular flexibility index (Phi) is 4.73. The van der Waals surface area contributed by atoms with E-state index in [0.717, 1.165) is 30.6 Å². The van der Waals surface area contributed by atoms with Gasteiger partial charge in [0.1, 0.15) is 0 Å². The molecular weight excluding hydrogens is 228 g/mol. The number of hydrogen-bond donors (Lipinski definition) is 2. The van der Waals surface area contributed by atoms with Crippen LogP contribution in [-0.4, -0.2) is 26.2 Å². The van der Waals surface area contributed by atoms with E-state index < -0.39 is 0 Å². The summed E-state index contributed by atoms with van der Waals surface area (Å²) in [7, 11) is 1.90. The topological polar surface area (TPSA) is 50.4 Å². The number of hydrogen-bond acceptors (Lipinski definition) is 3. The molecule has 1 amide bonds. The quantitative estimate of drug-likeness (QED) is 0.854. The summed E-state index contributed by atoms with van der Waals surface area (Å²) in [6.07, 6.45) is 1.64. The number of para-hydroxylation sites is 1. The van der Waals surface area contributed by atoms with E-state index in [2.05, 4.69) is 10.6 Å². The fourth-order valence-electron chi connectivity index (χ4n) is 2.18. The Morgan fingerprint density at radius 3 is 2.78 bits per heavy atom. The minimum atomic E-state index is 0.0846. The highest BCUT2D eigenvalue weighted by Gasteiger charge is 2.21. The van der Waals surface area contributed by atoms with Crippen molar-refractivity contribution in [2.24, 2.45) is 5.92 Å². The van der Waals surface area contributed by atoms with Gasteiger partial charge in [-0.25, -0.2) is 0 Å². The van der Waals surface area contributed by atoms with Crippen LogP contribution in [0.25, 0.3) is 0 Å². The summed E-state index contributed by atoms with van der Waals surface area (Å²) in [5.74, 6) is 0.197. The Hall–Kier alpha value is -1.39. The third kappa shape index (κ3) is 3.31. The summed E-state index contributed by atoms with van der Waals surface area (Å²) in [5.41, 5.74) is 2.02. The standard InChI is InChI=1S/C14H20N2O2/c1-15-10-12-4-2-3-5-13(12)16-14(17)11-6-8-18-9-7-11/h2-5,11,15H,6-10H2,1H3,(H,16,17). The number of rotatable bonds is 4. The first-order valence-electron chi connectivity index (χ1n) is 6.42. The van der Waals surface area contributed by atoms with Crippen LogP contribution in [-0.2, 0) is 16.1 Å². The van der Waals surface area contributed by atoms with Gasteiger partial charge in [-0.3, -0.25) is 4.79 Å². The number of ether oxygens (including phenoxy) is 1. The van der Waals surface area contributed by atoms with E-state index in [4.69, 9.17) is 4.74 Å². The average Bonchev–Trinajstić information content (AvgIpc) is 2.42. The summed E-state index contributed by atoms with van der Waals surface area (Å²) >= 11 is 0. The predicted octanol–water partition coefficient (Wildman–Crippen LogP) is 1.77. The van der Waals surface area contributed by atoms with E-state index >= 15 is 0 Å². The molecule has 1 heterocycles. The van der Waals surface area contributed by atoms with Gasteiger partial charge in [0.2, 0.25) is 5.91 Å². The van der Waals surface area contributed by atoms with Crippen LogP contribution in [0.2, 0.25) is 0 Å². The van der Waals surface area contributed by atoms with E-state index in [1.807, 2.05) is 31.3 Å². The van der Waals surface area contributed by atoms with Crippen LogP contribution in [0.1, 0.15) is 18.4 Å². The number of nitrogens with one attached hydrogen (secondary N) is 2. The smallest absolute Gasteiger partial charge is 0.227 e. The van der Waals surface area contributed by atoms with Gasteiger partial charge in [0.05, 0.1) is 0 Å². The Bertz CT molecular complexity index is 401. The van der Waals surface area contributed by atoms with Crippen molar-refractivity contribution in [2.45, 2.75) is 19.4 Å². The highest BCUT2D eigenvalue weighted by Crippen LogP contribution is 2.20. The maximum absolute atomic E-state index is 12.1. The van der Waals surface area contributed by atoms with Gasteiger partial charge in [-0.2, -0.15) is 0 Å². The number of benzene rings is 1. The summed E-state index contributed by atoms with van der Waals surface area (Å²) in [6, 6.07) is 7.90. The number of anilines is 1. The van der Waals surface area contributed by atoms with Gasteiger partial charge in [-0.1, -0.05) is 18.2 Å². The lowest BCUT2D eigenvalue weighted by molar-refractivity contribution is -0.122. The molecule has 18 heavy (non-hydrogen) atoms. The molecule has 1 saturated heterocycles. The average molecular weight is 248 g/mol. The van der Waals surface area contributed by atoms with Gasteiger partial charge in [0.25, 0.3) is 0 Å². The van der Waals surface area contributed by atoms with Crippen LogP contribution in [0.3, 0.4) is 0 Å². The first-order valence-corrected chi connectivity index (χ1v) is 6.42. The van der Waals surface area contributed by atoms with Gasteiger partial charge in [-0.05, 0) is 31.5 Å². The van der Waals surface area contributed by atoms with Crippen LogP contribution in [0.5, 0.6) is 0 Å². The predicted molar refractivity (Wildman–Crippen MR) is 71.4 cm³/mol. The van der Waals surface area contributed by atoms with Gasteiger partial charge in [0.15, 0.2) is 0 Å². The molecule has 0 aliphatic carbocycles. The molecule has 0 radical (unpaired) electrons. The molecule has 4 heteroatoms. The van der Waals surface area contributed by atoms with Crippen molar-refractivity contribution in [1.29, 1.82) is 0 Å². The normalized spacial score (nSPS) is 16.5. The van der Waals surface area contributed by atoms with Crippen molar-refractivity contribution in [3.63, 3.8) is 0 Å². The molecule has 2 rings (SSSR count). The van der Waals surface area contributed by atoms with E-state index in [0.29, 0.717) is 13.2 Å². The molecule has 1 aliphatic rings. The van der Waals surface area contributed by atoms with Crippen LogP contribution < -0.4 is 10.6 Å².